The second kappa shape index (κ2) is 4.49. The van der Waals surface area contributed by atoms with Gasteiger partial charge < -0.3 is 10.2 Å². The number of aliphatic hydroxyl groups is 1. The monoisotopic (exact) mass is 286 g/mol. The van der Waals surface area contributed by atoms with Crippen molar-refractivity contribution in [2.75, 3.05) is 0 Å². The highest BCUT2D eigenvalue weighted by atomic mass is 16.3. The van der Waals surface area contributed by atoms with Crippen LogP contribution in [0.3, 0.4) is 0 Å². The number of phenols is 1. The van der Waals surface area contributed by atoms with Gasteiger partial charge in [-0.05, 0) is 91.4 Å². The second-order valence-electron chi connectivity index (χ2n) is 7.89. The molecule has 2 fully saturated rings. The highest BCUT2D eigenvalue weighted by Crippen LogP contribution is 2.61. The molecule has 1 aromatic rings. The maximum absolute atomic E-state index is 10.4. The van der Waals surface area contributed by atoms with Gasteiger partial charge in [-0.2, -0.15) is 0 Å². The minimum Gasteiger partial charge on any atom is -0.508 e. The van der Waals surface area contributed by atoms with Crippen LogP contribution < -0.4 is 0 Å². The first-order chi connectivity index (χ1) is 10.0. The minimum absolute atomic E-state index is 0.0913. The Morgan fingerprint density at radius 3 is 2.76 bits per heavy atom. The van der Waals surface area contributed by atoms with E-state index in [0.717, 1.165) is 30.7 Å². The summed E-state index contributed by atoms with van der Waals surface area (Å²) in [6.45, 7) is 4.33. The van der Waals surface area contributed by atoms with Crippen LogP contribution in [0.1, 0.15) is 61.6 Å². The Bertz CT molecular complexity index is 579. The summed E-state index contributed by atoms with van der Waals surface area (Å²) in [5.41, 5.74) is 4.02. The van der Waals surface area contributed by atoms with E-state index >= 15 is 0 Å². The largest absolute Gasteiger partial charge is 0.508 e. The highest BCUT2D eigenvalue weighted by Gasteiger charge is 2.54. The van der Waals surface area contributed by atoms with Crippen LogP contribution in [0.2, 0.25) is 0 Å². The van der Waals surface area contributed by atoms with Gasteiger partial charge in [-0.1, -0.05) is 13.0 Å². The first-order valence-electron chi connectivity index (χ1n) is 8.51. The van der Waals surface area contributed by atoms with Gasteiger partial charge in [-0.15, -0.1) is 0 Å². The molecule has 0 amide bonds. The zero-order chi connectivity index (χ0) is 14.8. The fraction of sp³-hybridized carbons (Fsp3) is 0.684. The Morgan fingerprint density at radius 1 is 1.14 bits per heavy atom. The Balaban J connectivity index is 1.73. The molecular weight excluding hydrogens is 260 g/mol. The smallest absolute Gasteiger partial charge is 0.118 e. The molecule has 2 nitrogen and oxygen atoms in total. The molecule has 2 heteroatoms. The van der Waals surface area contributed by atoms with Gasteiger partial charge in [0, 0.05) is 0 Å². The van der Waals surface area contributed by atoms with E-state index in [1.165, 1.54) is 30.4 Å². The van der Waals surface area contributed by atoms with E-state index in [1.54, 1.807) is 0 Å². The van der Waals surface area contributed by atoms with Crippen LogP contribution in [0.5, 0.6) is 5.75 Å². The first-order valence-corrected chi connectivity index (χ1v) is 8.51. The summed E-state index contributed by atoms with van der Waals surface area (Å²) < 4.78 is 0. The lowest BCUT2D eigenvalue weighted by molar-refractivity contribution is -0.0226. The number of hydrogen-bond acceptors (Lipinski definition) is 2. The Labute approximate surface area is 127 Å². The maximum Gasteiger partial charge on any atom is 0.118 e. The molecule has 3 aliphatic rings. The van der Waals surface area contributed by atoms with E-state index in [2.05, 4.69) is 13.0 Å². The zero-order valence-corrected chi connectivity index (χ0v) is 13.1. The van der Waals surface area contributed by atoms with Crippen LogP contribution in [0, 0.1) is 24.2 Å². The lowest BCUT2D eigenvalue weighted by atomic mass is 9.55. The van der Waals surface area contributed by atoms with Gasteiger partial charge in [0.15, 0.2) is 0 Å². The van der Waals surface area contributed by atoms with Crippen LogP contribution in [-0.4, -0.2) is 16.3 Å². The van der Waals surface area contributed by atoms with Gasteiger partial charge in [0.25, 0.3) is 0 Å². The summed E-state index contributed by atoms with van der Waals surface area (Å²) in [5, 5.41) is 20.4. The van der Waals surface area contributed by atoms with Crippen molar-refractivity contribution in [3.8, 4) is 5.75 Å². The van der Waals surface area contributed by atoms with Gasteiger partial charge >= 0.3 is 0 Å². The van der Waals surface area contributed by atoms with E-state index in [1.807, 2.05) is 13.0 Å². The van der Waals surface area contributed by atoms with E-state index in [4.69, 9.17) is 0 Å². The molecular formula is C19H26O2. The van der Waals surface area contributed by atoms with Crippen molar-refractivity contribution in [3.63, 3.8) is 0 Å². The zero-order valence-electron chi connectivity index (χ0n) is 13.1. The number of aryl methyl sites for hydroxylation is 2. The number of hydrogen-bond donors (Lipinski definition) is 2. The predicted molar refractivity (Wildman–Crippen MR) is 83.5 cm³/mol. The summed E-state index contributed by atoms with van der Waals surface area (Å²) in [7, 11) is 0. The highest BCUT2D eigenvalue weighted by molar-refractivity contribution is 5.45. The van der Waals surface area contributed by atoms with Crippen molar-refractivity contribution in [1.82, 2.24) is 0 Å². The van der Waals surface area contributed by atoms with Crippen molar-refractivity contribution < 1.29 is 10.2 Å². The average molecular weight is 286 g/mol. The molecule has 3 aliphatic carbocycles. The second-order valence-corrected chi connectivity index (χ2v) is 7.89. The summed E-state index contributed by atoms with van der Waals surface area (Å²) in [6, 6.07) is 4.23. The van der Waals surface area contributed by atoms with E-state index in [9.17, 15) is 10.2 Å². The summed E-state index contributed by atoms with van der Waals surface area (Å²) in [6.07, 6.45) is 6.77. The number of fused-ring (bicyclic) bond motifs is 5. The molecule has 2 N–H and O–H groups in total. The van der Waals surface area contributed by atoms with Crippen molar-refractivity contribution in [3.05, 3.63) is 28.8 Å². The maximum atomic E-state index is 10.4. The van der Waals surface area contributed by atoms with Crippen LogP contribution in [0.25, 0.3) is 0 Å². The number of aromatic hydroxyl groups is 1. The normalized spacial score (nSPS) is 41.3. The number of benzene rings is 1. The van der Waals surface area contributed by atoms with Crippen LogP contribution in [-0.2, 0) is 6.42 Å². The van der Waals surface area contributed by atoms with Gasteiger partial charge in [-0.25, -0.2) is 0 Å². The molecule has 0 saturated heterocycles. The van der Waals surface area contributed by atoms with E-state index in [0.29, 0.717) is 17.6 Å². The summed E-state index contributed by atoms with van der Waals surface area (Å²) in [4.78, 5) is 0. The van der Waals surface area contributed by atoms with Gasteiger partial charge in [-0.3, -0.25) is 0 Å². The van der Waals surface area contributed by atoms with E-state index < -0.39 is 0 Å². The Hall–Kier alpha value is -1.02. The first kappa shape index (κ1) is 13.6. The molecule has 0 radical (unpaired) electrons. The molecule has 0 aromatic heterocycles. The van der Waals surface area contributed by atoms with Gasteiger partial charge in [0.1, 0.15) is 5.75 Å². The van der Waals surface area contributed by atoms with Crippen molar-refractivity contribution in [2.45, 2.75) is 64.4 Å². The number of aliphatic hydroxyl groups excluding tert-OH is 1. The SMILES string of the molecule is Cc1cc2c(cc1O)CC[C@@H]1C2CCC2(C)C1CC[C@@H]2O. The summed E-state index contributed by atoms with van der Waals surface area (Å²) >= 11 is 0. The molecule has 5 atom stereocenters. The quantitative estimate of drug-likeness (QED) is 0.759. The lowest BCUT2D eigenvalue weighted by Crippen LogP contribution is -2.43. The van der Waals surface area contributed by atoms with E-state index in [-0.39, 0.29) is 11.5 Å². The van der Waals surface area contributed by atoms with Crippen molar-refractivity contribution in [1.29, 1.82) is 0 Å². The third-order valence-corrected chi connectivity index (χ3v) is 6.99. The van der Waals surface area contributed by atoms with Gasteiger partial charge in [0.05, 0.1) is 6.10 Å². The van der Waals surface area contributed by atoms with Crippen molar-refractivity contribution in [2.24, 2.45) is 17.3 Å². The molecule has 0 aliphatic heterocycles. The molecule has 0 heterocycles. The standard InChI is InChI=1S/C19H26O2/c1-11-9-15-12(10-17(11)20)3-4-14-13(15)7-8-19(2)16(14)5-6-18(19)21/h9-10,13-14,16,18,20-21H,3-8H2,1-2H3/t13?,14-,16?,18+,19?/m1/s1. The molecule has 0 bridgehead atoms. The van der Waals surface area contributed by atoms with Gasteiger partial charge in [0.2, 0.25) is 0 Å². The summed E-state index contributed by atoms with van der Waals surface area (Å²) in [5.74, 6) is 2.52. The topological polar surface area (TPSA) is 40.5 Å². The third-order valence-electron chi connectivity index (χ3n) is 6.99. The van der Waals surface area contributed by atoms with Crippen LogP contribution >= 0.6 is 0 Å². The fourth-order valence-corrected chi connectivity index (χ4v) is 5.69. The number of phenolic OH excluding ortho intramolecular Hbond substituents is 1. The molecule has 1 aromatic carbocycles. The molecule has 0 spiro atoms. The van der Waals surface area contributed by atoms with Crippen LogP contribution in [0.4, 0.5) is 0 Å². The fourth-order valence-electron chi connectivity index (χ4n) is 5.69. The molecule has 21 heavy (non-hydrogen) atoms. The third kappa shape index (κ3) is 1.81. The Morgan fingerprint density at radius 2 is 1.95 bits per heavy atom. The molecule has 4 rings (SSSR count). The number of rotatable bonds is 0. The molecule has 2 saturated carbocycles. The minimum atomic E-state index is -0.0913. The Kier molecular flexibility index (Phi) is 2.91. The van der Waals surface area contributed by atoms with Crippen molar-refractivity contribution >= 4 is 0 Å². The predicted octanol–water partition coefficient (Wildman–Crippen LogP) is 3.92. The molecule has 3 unspecified atom stereocenters. The lowest BCUT2D eigenvalue weighted by Gasteiger charge is -2.50. The average Bonchev–Trinajstić information content (AvgIpc) is 2.76. The molecule has 114 valence electrons. The van der Waals surface area contributed by atoms with Crippen LogP contribution in [0.15, 0.2) is 12.1 Å².